The molecule has 0 fully saturated rings. The zero-order valence-corrected chi connectivity index (χ0v) is 16.9. The minimum atomic E-state index is -0.221. The predicted octanol–water partition coefficient (Wildman–Crippen LogP) is 3.65. The first-order chi connectivity index (χ1) is 14.1. The maximum absolute atomic E-state index is 12.9. The van der Waals surface area contributed by atoms with Crippen LogP contribution >= 0.6 is 11.6 Å². The van der Waals surface area contributed by atoms with E-state index in [9.17, 15) is 4.79 Å². The average Bonchev–Trinajstić information content (AvgIpc) is 3.23. The van der Waals surface area contributed by atoms with Gasteiger partial charge in [-0.1, -0.05) is 35.9 Å². The summed E-state index contributed by atoms with van der Waals surface area (Å²) in [7, 11) is 3.13. The van der Waals surface area contributed by atoms with Gasteiger partial charge in [-0.05, 0) is 41.8 Å². The monoisotopic (exact) mass is 412 g/mol. The zero-order valence-electron chi connectivity index (χ0n) is 16.2. The quantitative estimate of drug-likeness (QED) is 0.639. The van der Waals surface area contributed by atoms with Gasteiger partial charge >= 0.3 is 0 Å². The summed E-state index contributed by atoms with van der Waals surface area (Å²) >= 11 is 6.07. The zero-order chi connectivity index (χ0) is 20.4. The Morgan fingerprint density at radius 2 is 1.72 bits per heavy atom. The fraction of sp³-hybridized carbons (Fsp3) is 0.286. The van der Waals surface area contributed by atoms with Gasteiger partial charge in [-0.25, -0.2) is 4.68 Å². The highest BCUT2D eigenvalue weighted by Gasteiger charge is 2.39. The SMILES string of the molecule is COCC(=O)N1c2ncnn2C(c2ccc(Cl)cc2)CC1c1ccc(OC)cc1. The van der Waals surface area contributed by atoms with E-state index in [0.29, 0.717) is 17.4 Å². The molecular weight excluding hydrogens is 392 g/mol. The molecule has 1 aliphatic heterocycles. The summed E-state index contributed by atoms with van der Waals surface area (Å²) in [6.45, 7) is -0.0366. The molecule has 0 saturated carbocycles. The van der Waals surface area contributed by atoms with Gasteiger partial charge in [-0.3, -0.25) is 9.69 Å². The number of nitrogens with zero attached hydrogens (tertiary/aromatic N) is 4. The number of anilines is 1. The van der Waals surface area contributed by atoms with Crippen molar-refractivity contribution in [3.05, 3.63) is 71.0 Å². The van der Waals surface area contributed by atoms with E-state index in [2.05, 4.69) is 10.1 Å². The van der Waals surface area contributed by atoms with Crippen LogP contribution in [-0.2, 0) is 9.53 Å². The first-order valence-electron chi connectivity index (χ1n) is 9.22. The summed E-state index contributed by atoms with van der Waals surface area (Å²) < 4.78 is 12.2. The Balaban J connectivity index is 1.80. The molecule has 0 bridgehead atoms. The number of carbonyl (C=O) groups excluding carboxylic acids is 1. The van der Waals surface area contributed by atoms with E-state index in [0.717, 1.165) is 16.9 Å². The molecule has 3 aromatic rings. The molecule has 0 radical (unpaired) electrons. The standard InChI is InChI=1S/C21H21ClN4O3/c1-28-12-20(27)25-18(14-5-9-17(29-2)10-6-14)11-19(26-21(25)23-13-24-26)15-3-7-16(22)8-4-15/h3-10,13,18-19H,11-12H2,1-2H3. The lowest BCUT2D eigenvalue weighted by Crippen LogP contribution is -2.44. The van der Waals surface area contributed by atoms with Crippen molar-refractivity contribution >= 4 is 23.5 Å². The molecule has 2 heterocycles. The molecule has 0 spiro atoms. The van der Waals surface area contributed by atoms with Crippen molar-refractivity contribution in [2.24, 2.45) is 0 Å². The summed E-state index contributed by atoms with van der Waals surface area (Å²) in [6, 6.07) is 15.1. The Hall–Kier alpha value is -2.90. The van der Waals surface area contributed by atoms with Crippen LogP contribution in [0.3, 0.4) is 0 Å². The van der Waals surface area contributed by atoms with Crippen LogP contribution in [0.4, 0.5) is 5.95 Å². The minimum Gasteiger partial charge on any atom is -0.497 e. The smallest absolute Gasteiger partial charge is 0.255 e. The number of rotatable bonds is 5. The molecular formula is C21H21ClN4O3. The Labute approximate surface area is 173 Å². The van der Waals surface area contributed by atoms with Crippen molar-refractivity contribution in [2.45, 2.75) is 18.5 Å². The van der Waals surface area contributed by atoms with Crippen molar-refractivity contribution in [3.8, 4) is 5.75 Å². The van der Waals surface area contributed by atoms with E-state index in [1.807, 2.05) is 48.5 Å². The molecule has 4 rings (SSSR count). The molecule has 1 aliphatic rings. The Kier molecular flexibility index (Phi) is 5.51. The van der Waals surface area contributed by atoms with Gasteiger partial charge in [-0.2, -0.15) is 10.1 Å². The van der Waals surface area contributed by atoms with Gasteiger partial charge in [-0.15, -0.1) is 0 Å². The van der Waals surface area contributed by atoms with Crippen LogP contribution in [-0.4, -0.2) is 41.5 Å². The molecule has 1 aromatic heterocycles. The van der Waals surface area contributed by atoms with Crippen molar-refractivity contribution in [1.82, 2.24) is 14.8 Å². The minimum absolute atomic E-state index is 0.0366. The average molecular weight is 413 g/mol. The Morgan fingerprint density at radius 3 is 2.38 bits per heavy atom. The molecule has 2 unspecified atom stereocenters. The van der Waals surface area contributed by atoms with Gasteiger partial charge in [0.1, 0.15) is 18.7 Å². The largest absolute Gasteiger partial charge is 0.497 e. The summed E-state index contributed by atoms with van der Waals surface area (Å²) in [5.41, 5.74) is 2.04. The third-order valence-electron chi connectivity index (χ3n) is 5.11. The highest BCUT2D eigenvalue weighted by atomic mass is 35.5. The number of methoxy groups -OCH3 is 2. The molecule has 2 aromatic carbocycles. The summed E-state index contributed by atoms with van der Waals surface area (Å²) in [5.74, 6) is 1.09. The topological polar surface area (TPSA) is 69.5 Å². The highest BCUT2D eigenvalue weighted by molar-refractivity contribution is 6.30. The maximum Gasteiger partial charge on any atom is 0.255 e. The lowest BCUT2D eigenvalue weighted by molar-refractivity contribution is -0.123. The fourth-order valence-electron chi connectivity index (χ4n) is 3.74. The number of hydrogen-bond acceptors (Lipinski definition) is 5. The lowest BCUT2D eigenvalue weighted by Gasteiger charge is -2.39. The van der Waals surface area contributed by atoms with Crippen LogP contribution in [0.2, 0.25) is 5.02 Å². The molecule has 29 heavy (non-hydrogen) atoms. The van der Waals surface area contributed by atoms with Gasteiger partial charge in [0.15, 0.2) is 0 Å². The van der Waals surface area contributed by atoms with E-state index < -0.39 is 0 Å². The van der Waals surface area contributed by atoms with E-state index in [1.165, 1.54) is 13.4 Å². The van der Waals surface area contributed by atoms with E-state index in [4.69, 9.17) is 21.1 Å². The van der Waals surface area contributed by atoms with Gasteiger partial charge in [0.25, 0.3) is 5.91 Å². The molecule has 0 N–H and O–H groups in total. The van der Waals surface area contributed by atoms with Crippen LogP contribution in [0, 0.1) is 0 Å². The van der Waals surface area contributed by atoms with Crippen molar-refractivity contribution in [2.75, 3.05) is 25.7 Å². The second kappa shape index (κ2) is 8.23. The van der Waals surface area contributed by atoms with Gasteiger partial charge < -0.3 is 9.47 Å². The first kappa shape index (κ1) is 19.4. The van der Waals surface area contributed by atoms with Gasteiger partial charge in [0.2, 0.25) is 5.95 Å². The molecule has 1 amide bonds. The van der Waals surface area contributed by atoms with E-state index >= 15 is 0 Å². The van der Waals surface area contributed by atoms with Crippen molar-refractivity contribution < 1.29 is 14.3 Å². The highest BCUT2D eigenvalue weighted by Crippen LogP contribution is 2.42. The van der Waals surface area contributed by atoms with Crippen LogP contribution in [0.25, 0.3) is 0 Å². The van der Waals surface area contributed by atoms with Gasteiger partial charge in [0.05, 0.1) is 19.2 Å². The number of fused-ring (bicyclic) bond motifs is 1. The maximum atomic E-state index is 12.9. The third-order valence-corrected chi connectivity index (χ3v) is 5.37. The fourth-order valence-corrected chi connectivity index (χ4v) is 3.87. The summed E-state index contributed by atoms with van der Waals surface area (Å²) in [4.78, 5) is 19.0. The number of ether oxygens (including phenoxy) is 2. The normalized spacial score (nSPS) is 18.4. The molecule has 0 aliphatic carbocycles. The van der Waals surface area contributed by atoms with Crippen LogP contribution in [0.1, 0.15) is 29.6 Å². The second-order valence-electron chi connectivity index (χ2n) is 6.79. The number of halogens is 1. The number of carbonyl (C=O) groups is 1. The Morgan fingerprint density at radius 1 is 1.07 bits per heavy atom. The van der Waals surface area contributed by atoms with Gasteiger partial charge in [0, 0.05) is 12.1 Å². The summed E-state index contributed by atoms with van der Waals surface area (Å²) in [6.07, 6.45) is 2.11. The number of aromatic nitrogens is 3. The van der Waals surface area contributed by atoms with Crippen LogP contribution in [0.15, 0.2) is 54.9 Å². The number of hydrogen-bond donors (Lipinski definition) is 0. The predicted molar refractivity (Wildman–Crippen MR) is 109 cm³/mol. The van der Waals surface area contributed by atoms with E-state index in [1.54, 1.807) is 16.7 Å². The lowest BCUT2D eigenvalue weighted by atomic mass is 9.92. The Bertz CT molecular complexity index is 988. The molecule has 2 atom stereocenters. The van der Waals surface area contributed by atoms with Crippen molar-refractivity contribution in [1.29, 1.82) is 0 Å². The molecule has 150 valence electrons. The molecule has 8 heteroatoms. The van der Waals surface area contributed by atoms with E-state index in [-0.39, 0.29) is 24.6 Å². The van der Waals surface area contributed by atoms with Crippen molar-refractivity contribution in [3.63, 3.8) is 0 Å². The second-order valence-corrected chi connectivity index (χ2v) is 7.23. The summed E-state index contributed by atoms with van der Waals surface area (Å²) in [5, 5.41) is 5.08. The molecule has 7 nitrogen and oxygen atoms in total. The van der Waals surface area contributed by atoms with Crippen LogP contribution < -0.4 is 9.64 Å². The number of amides is 1. The molecule has 0 saturated heterocycles. The number of benzene rings is 2. The third kappa shape index (κ3) is 3.71. The first-order valence-corrected chi connectivity index (χ1v) is 9.60. The van der Waals surface area contributed by atoms with Crippen LogP contribution in [0.5, 0.6) is 5.75 Å².